The van der Waals surface area contributed by atoms with Crippen molar-refractivity contribution in [2.24, 2.45) is 0 Å². The highest BCUT2D eigenvalue weighted by molar-refractivity contribution is 7.10. The first kappa shape index (κ1) is 10.7. The van der Waals surface area contributed by atoms with Crippen molar-refractivity contribution in [3.8, 4) is 0 Å². The van der Waals surface area contributed by atoms with Gasteiger partial charge in [0.1, 0.15) is 0 Å². The molecule has 0 saturated heterocycles. The van der Waals surface area contributed by atoms with Crippen LogP contribution in [0.2, 0.25) is 0 Å². The van der Waals surface area contributed by atoms with Gasteiger partial charge in [0.15, 0.2) is 0 Å². The van der Waals surface area contributed by atoms with Crippen LogP contribution in [0.5, 0.6) is 0 Å². The molecule has 1 nitrogen and oxygen atoms in total. The molecule has 74 valence electrons. The fourth-order valence-electron chi connectivity index (χ4n) is 1.38. The molecular weight excluding hydrogens is 178 g/mol. The van der Waals surface area contributed by atoms with Crippen LogP contribution in [0.4, 0.5) is 0 Å². The van der Waals surface area contributed by atoms with E-state index in [2.05, 4.69) is 37.5 Å². The number of nitrogens with one attached hydrogen (secondary N) is 1. The Labute approximate surface area is 85.2 Å². The van der Waals surface area contributed by atoms with Crippen molar-refractivity contribution in [2.75, 3.05) is 13.6 Å². The Kier molecular flexibility index (Phi) is 3.51. The van der Waals surface area contributed by atoms with Gasteiger partial charge in [0.25, 0.3) is 0 Å². The first-order valence-electron chi connectivity index (χ1n) is 4.76. The first-order chi connectivity index (χ1) is 6.06. The maximum atomic E-state index is 3.20. The Bertz CT molecular complexity index is 263. The van der Waals surface area contributed by atoms with Crippen LogP contribution in [0.1, 0.15) is 30.7 Å². The highest BCUT2D eigenvalue weighted by Crippen LogP contribution is 2.30. The van der Waals surface area contributed by atoms with Crippen molar-refractivity contribution >= 4 is 11.3 Å². The molecule has 0 bridgehead atoms. The van der Waals surface area contributed by atoms with Gasteiger partial charge in [-0.2, -0.15) is 0 Å². The summed E-state index contributed by atoms with van der Waals surface area (Å²) in [5.41, 5.74) is 1.79. The Morgan fingerprint density at radius 1 is 1.46 bits per heavy atom. The van der Waals surface area contributed by atoms with Gasteiger partial charge < -0.3 is 5.32 Å². The van der Waals surface area contributed by atoms with Crippen LogP contribution in [0.3, 0.4) is 0 Å². The van der Waals surface area contributed by atoms with Crippen molar-refractivity contribution in [1.29, 1.82) is 0 Å². The summed E-state index contributed by atoms with van der Waals surface area (Å²) < 4.78 is 0. The summed E-state index contributed by atoms with van der Waals surface area (Å²) in [6.45, 7) is 7.88. The molecule has 0 aliphatic heterocycles. The average molecular weight is 197 g/mol. The zero-order chi connectivity index (χ0) is 9.90. The van der Waals surface area contributed by atoms with E-state index in [0.29, 0.717) is 5.41 Å². The predicted molar refractivity (Wildman–Crippen MR) is 60.6 cm³/mol. The third-order valence-electron chi connectivity index (χ3n) is 2.51. The molecule has 0 aliphatic carbocycles. The van der Waals surface area contributed by atoms with Crippen molar-refractivity contribution < 1.29 is 0 Å². The first-order valence-corrected chi connectivity index (χ1v) is 5.64. The van der Waals surface area contributed by atoms with Gasteiger partial charge in [-0.1, -0.05) is 13.8 Å². The number of hydrogen-bond acceptors (Lipinski definition) is 2. The van der Waals surface area contributed by atoms with Gasteiger partial charge in [-0.3, -0.25) is 0 Å². The molecule has 2 heteroatoms. The summed E-state index contributed by atoms with van der Waals surface area (Å²) in [6, 6.07) is 2.31. The Hall–Kier alpha value is -0.340. The zero-order valence-corrected chi connectivity index (χ0v) is 9.79. The maximum Gasteiger partial charge on any atom is 0.00172 e. The topological polar surface area (TPSA) is 12.0 Å². The van der Waals surface area contributed by atoms with E-state index >= 15 is 0 Å². The quantitative estimate of drug-likeness (QED) is 0.782. The molecular formula is C11H19NS. The van der Waals surface area contributed by atoms with E-state index in [9.17, 15) is 0 Å². The van der Waals surface area contributed by atoms with Gasteiger partial charge in [-0.25, -0.2) is 0 Å². The third kappa shape index (κ3) is 2.82. The van der Waals surface area contributed by atoms with Crippen LogP contribution in [-0.2, 0) is 5.41 Å². The smallest absolute Gasteiger partial charge is 0.00172 e. The van der Waals surface area contributed by atoms with Crippen LogP contribution in [0, 0.1) is 6.92 Å². The molecule has 0 fully saturated rings. The van der Waals surface area contributed by atoms with E-state index in [1.807, 2.05) is 18.4 Å². The molecule has 0 spiro atoms. The summed E-state index contributed by atoms with van der Waals surface area (Å²) in [5, 5.41) is 5.49. The van der Waals surface area contributed by atoms with Crippen LogP contribution in [0.25, 0.3) is 0 Å². The largest absolute Gasteiger partial charge is 0.320 e. The molecule has 1 rings (SSSR count). The monoisotopic (exact) mass is 197 g/mol. The zero-order valence-electron chi connectivity index (χ0n) is 8.98. The van der Waals surface area contributed by atoms with Crippen LogP contribution in [-0.4, -0.2) is 13.6 Å². The third-order valence-corrected chi connectivity index (χ3v) is 3.37. The highest BCUT2D eigenvalue weighted by atomic mass is 32.1. The van der Waals surface area contributed by atoms with Crippen LogP contribution in [0.15, 0.2) is 11.4 Å². The van der Waals surface area contributed by atoms with Crippen LogP contribution < -0.4 is 5.32 Å². The minimum absolute atomic E-state index is 0.313. The summed E-state index contributed by atoms with van der Waals surface area (Å²) in [7, 11) is 2.01. The standard InChI is InChI=1S/C11H19NS/c1-9-7-10(8-13-9)11(2,3)5-6-12-4/h7-8,12H,5-6H2,1-4H3. The Balaban J connectivity index is 2.68. The molecule has 1 heterocycles. The minimum Gasteiger partial charge on any atom is -0.320 e. The molecule has 0 unspecified atom stereocenters. The van der Waals surface area contributed by atoms with Crippen molar-refractivity contribution in [3.05, 3.63) is 21.9 Å². The SMILES string of the molecule is CNCCC(C)(C)c1csc(C)c1. The second kappa shape index (κ2) is 4.25. The number of aryl methyl sites for hydroxylation is 1. The maximum absolute atomic E-state index is 3.20. The van der Waals surface area contributed by atoms with E-state index in [4.69, 9.17) is 0 Å². The van der Waals surface area contributed by atoms with Crippen molar-refractivity contribution in [2.45, 2.75) is 32.6 Å². The summed E-state index contributed by atoms with van der Waals surface area (Å²) in [5.74, 6) is 0. The second-order valence-electron chi connectivity index (χ2n) is 4.18. The fraction of sp³-hybridized carbons (Fsp3) is 0.636. The van der Waals surface area contributed by atoms with Crippen LogP contribution >= 0.6 is 11.3 Å². The Morgan fingerprint density at radius 2 is 2.15 bits per heavy atom. The van der Waals surface area contributed by atoms with E-state index in [1.165, 1.54) is 16.9 Å². The molecule has 0 radical (unpaired) electrons. The lowest BCUT2D eigenvalue weighted by atomic mass is 9.83. The number of thiophene rings is 1. The van der Waals surface area contributed by atoms with Gasteiger partial charge >= 0.3 is 0 Å². The summed E-state index contributed by atoms with van der Waals surface area (Å²) >= 11 is 1.84. The van der Waals surface area contributed by atoms with Gasteiger partial charge in [-0.15, -0.1) is 11.3 Å². The van der Waals surface area contributed by atoms with Crippen molar-refractivity contribution in [1.82, 2.24) is 5.32 Å². The predicted octanol–water partition coefficient (Wildman–Crippen LogP) is 2.94. The molecule has 0 aromatic carbocycles. The molecule has 13 heavy (non-hydrogen) atoms. The molecule has 0 amide bonds. The molecule has 0 saturated carbocycles. The highest BCUT2D eigenvalue weighted by Gasteiger charge is 2.20. The number of rotatable bonds is 4. The summed E-state index contributed by atoms with van der Waals surface area (Å²) in [6.07, 6.45) is 1.19. The second-order valence-corrected chi connectivity index (χ2v) is 5.30. The van der Waals surface area contributed by atoms with E-state index in [0.717, 1.165) is 6.54 Å². The molecule has 1 N–H and O–H groups in total. The average Bonchev–Trinajstić information content (AvgIpc) is 2.49. The van der Waals surface area contributed by atoms with Crippen molar-refractivity contribution in [3.63, 3.8) is 0 Å². The van der Waals surface area contributed by atoms with E-state index in [1.54, 1.807) is 0 Å². The van der Waals surface area contributed by atoms with Gasteiger partial charge in [-0.05, 0) is 49.4 Å². The number of hydrogen-bond donors (Lipinski definition) is 1. The molecule has 0 atom stereocenters. The lowest BCUT2D eigenvalue weighted by Crippen LogP contribution is -2.22. The minimum atomic E-state index is 0.313. The summed E-state index contributed by atoms with van der Waals surface area (Å²) in [4.78, 5) is 1.41. The molecule has 1 aromatic rings. The van der Waals surface area contributed by atoms with Gasteiger partial charge in [0.2, 0.25) is 0 Å². The lowest BCUT2D eigenvalue weighted by Gasteiger charge is -2.23. The van der Waals surface area contributed by atoms with Gasteiger partial charge in [0.05, 0.1) is 0 Å². The Morgan fingerprint density at radius 3 is 2.62 bits per heavy atom. The van der Waals surface area contributed by atoms with E-state index in [-0.39, 0.29) is 0 Å². The molecule has 1 aromatic heterocycles. The normalized spacial score (nSPS) is 12.0. The van der Waals surface area contributed by atoms with Gasteiger partial charge in [0, 0.05) is 4.88 Å². The lowest BCUT2D eigenvalue weighted by molar-refractivity contribution is 0.470. The molecule has 0 aliphatic rings. The van der Waals surface area contributed by atoms with E-state index < -0.39 is 0 Å². The fourth-order valence-corrected chi connectivity index (χ4v) is 2.28.